The number of carboxylic acid groups (broad SMARTS) is 1. The van der Waals surface area contributed by atoms with Gasteiger partial charge in [0, 0.05) is 29.4 Å². The van der Waals surface area contributed by atoms with E-state index in [4.69, 9.17) is 5.11 Å². The van der Waals surface area contributed by atoms with E-state index in [0.29, 0.717) is 23.3 Å². The lowest BCUT2D eigenvalue weighted by Gasteiger charge is -2.05. The molecule has 0 saturated carbocycles. The molecule has 0 amide bonds. The predicted octanol–water partition coefficient (Wildman–Crippen LogP) is 1.50. The van der Waals surface area contributed by atoms with Gasteiger partial charge in [-0.25, -0.2) is 9.78 Å². The summed E-state index contributed by atoms with van der Waals surface area (Å²) in [5.74, 6) is -0.351. The molecule has 1 N–H and O–H groups in total. The molecular weight excluding hydrogens is 252 g/mol. The second-order valence-corrected chi connectivity index (χ2v) is 5.60. The first-order valence-corrected chi connectivity index (χ1v) is 7.29. The van der Waals surface area contributed by atoms with E-state index >= 15 is 0 Å². The van der Waals surface area contributed by atoms with Crippen LogP contribution in [-0.2, 0) is 17.3 Å². The van der Waals surface area contributed by atoms with Gasteiger partial charge in [-0.15, -0.1) is 0 Å². The van der Waals surface area contributed by atoms with Crippen LogP contribution >= 0.6 is 0 Å². The predicted molar refractivity (Wildman–Crippen MR) is 70.2 cm³/mol. The van der Waals surface area contributed by atoms with Gasteiger partial charge in [-0.05, 0) is 18.6 Å². The first-order chi connectivity index (χ1) is 8.59. The third kappa shape index (κ3) is 2.59. The third-order valence-corrected chi connectivity index (χ3v) is 3.56. The van der Waals surface area contributed by atoms with Gasteiger partial charge < -0.3 is 9.67 Å². The molecule has 0 saturated heterocycles. The average Bonchev–Trinajstić information content (AvgIpc) is 2.72. The van der Waals surface area contributed by atoms with E-state index in [0.717, 1.165) is 6.42 Å². The van der Waals surface area contributed by atoms with Gasteiger partial charge in [-0.3, -0.25) is 4.21 Å². The number of hydrogen-bond acceptors (Lipinski definition) is 3. The van der Waals surface area contributed by atoms with E-state index < -0.39 is 16.8 Å². The molecule has 1 atom stereocenters. The van der Waals surface area contributed by atoms with Gasteiger partial charge in [0.25, 0.3) is 0 Å². The van der Waals surface area contributed by atoms with Crippen molar-refractivity contribution in [3.63, 3.8) is 0 Å². The largest absolute Gasteiger partial charge is 0.478 e. The van der Waals surface area contributed by atoms with Crippen molar-refractivity contribution in [3.8, 4) is 0 Å². The van der Waals surface area contributed by atoms with E-state index in [1.807, 2.05) is 4.57 Å². The lowest BCUT2D eigenvalue weighted by atomic mass is 10.2. The number of hydrogen-bond donors (Lipinski definition) is 1. The topological polar surface area (TPSA) is 72.2 Å². The van der Waals surface area contributed by atoms with Crippen LogP contribution in [0.5, 0.6) is 0 Å². The van der Waals surface area contributed by atoms with E-state index in [1.54, 1.807) is 30.8 Å². The molecule has 0 radical (unpaired) electrons. The molecule has 1 aromatic carbocycles. The van der Waals surface area contributed by atoms with Crippen LogP contribution in [-0.4, -0.2) is 36.8 Å². The second kappa shape index (κ2) is 5.30. The third-order valence-electron chi connectivity index (χ3n) is 2.70. The number of carboxylic acids is 1. The van der Waals surface area contributed by atoms with Crippen molar-refractivity contribution >= 4 is 27.8 Å². The lowest BCUT2D eigenvalue weighted by Crippen LogP contribution is -2.05. The first-order valence-electron chi connectivity index (χ1n) is 5.57. The summed E-state index contributed by atoms with van der Waals surface area (Å²) in [6.07, 6.45) is 4.03. The number of para-hydroxylation sites is 1. The van der Waals surface area contributed by atoms with E-state index in [9.17, 15) is 9.00 Å². The molecule has 18 heavy (non-hydrogen) atoms. The molecule has 0 aliphatic rings. The molecule has 1 heterocycles. The van der Waals surface area contributed by atoms with Gasteiger partial charge in [-0.1, -0.05) is 6.07 Å². The second-order valence-electron chi connectivity index (χ2n) is 4.05. The smallest absolute Gasteiger partial charge is 0.337 e. The number of aryl methyl sites for hydroxylation is 1. The zero-order valence-electron chi connectivity index (χ0n) is 10.00. The molecule has 2 rings (SSSR count). The van der Waals surface area contributed by atoms with Crippen LogP contribution in [0, 0.1) is 0 Å². The highest BCUT2D eigenvalue weighted by molar-refractivity contribution is 7.84. The van der Waals surface area contributed by atoms with Gasteiger partial charge in [0.2, 0.25) is 0 Å². The first kappa shape index (κ1) is 12.8. The maximum atomic E-state index is 11.2. The number of imidazole rings is 1. The van der Waals surface area contributed by atoms with E-state index in [1.165, 1.54) is 0 Å². The summed E-state index contributed by atoms with van der Waals surface area (Å²) in [7, 11) is -0.825. The van der Waals surface area contributed by atoms with Crippen molar-refractivity contribution in [3.05, 3.63) is 30.1 Å². The zero-order chi connectivity index (χ0) is 13.1. The molecule has 6 heteroatoms. The van der Waals surface area contributed by atoms with Gasteiger partial charge in [0.05, 0.1) is 22.9 Å². The Balaban J connectivity index is 2.33. The number of benzene rings is 1. The van der Waals surface area contributed by atoms with Crippen molar-refractivity contribution in [1.82, 2.24) is 9.55 Å². The van der Waals surface area contributed by atoms with Crippen LogP contribution in [0.15, 0.2) is 24.5 Å². The minimum absolute atomic E-state index is 0.252. The Bertz CT molecular complexity index is 606. The van der Waals surface area contributed by atoms with Crippen LogP contribution in [0.1, 0.15) is 16.8 Å². The van der Waals surface area contributed by atoms with Crippen molar-refractivity contribution in [1.29, 1.82) is 0 Å². The summed E-state index contributed by atoms with van der Waals surface area (Å²) in [6.45, 7) is 0.625. The van der Waals surface area contributed by atoms with Crippen molar-refractivity contribution in [2.24, 2.45) is 0 Å². The molecule has 1 aromatic heterocycles. The summed E-state index contributed by atoms with van der Waals surface area (Å²) >= 11 is 0. The highest BCUT2D eigenvalue weighted by Crippen LogP contribution is 2.18. The van der Waals surface area contributed by atoms with Gasteiger partial charge in [0.15, 0.2) is 0 Å². The summed E-state index contributed by atoms with van der Waals surface area (Å²) in [6, 6.07) is 5.04. The minimum Gasteiger partial charge on any atom is -0.478 e. The Hall–Kier alpha value is -1.69. The summed E-state index contributed by atoms with van der Waals surface area (Å²) in [4.78, 5) is 15.3. The van der Waals surface area contributed by atoms with Crippen LogP contribution in [0.25, 0.3) is 11.0 Å². The molecule has 0 fully saturated rings. The number of fused-ring (bicyclic) bond motifs is 1. The fourth-order valence-electron chi connectivity index (χ4n) is 1.91. The average molecular weight is 266 g/mol. The van der Waals surface area contributed by atoms with Gasteiger partial charge in [-0.2, -0.15) is 0 Å². The maximum absolute atomic E-state index is 11.2. The van der Waals surface area contributed by atoms with Crippen LogP contribution in [0.3, 0.4) is 0 Å². The number of carbonyl (C=O) groups is 1. The zero-order valence-corrected chi connectivity index (χ0v) is 10.8. The minimum atomic E-state index is -0.957. The standard InChI is InChI=1S/C12H14N2O3S/c1-18(17)7-3-6-14-8-13-10-5-2-4-9(11(10)14)12(15)16/h2,4-5,8H,3,6-7H2,1H3,(H,15,16). The Kier molecular flexibility index (Phi) is 3.76. The number of nitrogens with zero attached hydrogens (tertiary/aromatic N) is 2. The van der Waals surface area contributed by atoms with Gasteiger partial charge >= 0.3 is 5.97 Å². The number of rotatable bonds is 5. The molecule has 0 bridgehead atoms. The summed E-state index contributed by atoms with van der Waals surface area (Å²) < 4.78 is 12.8. The lowest BCUT2D eigenvalue weighted by molar-refractivity contribution is 0.0698. The maximum Gasteiger partial charge on any atom is 0.337 e. The fraction of sp³-hybridized carbons (Fsp3) is 0.333. The Morgan fingerprint density at radius 2 is 2.28 bits per heavy atom. The molecule has 0 spiro atoms. The highest BCUT2D eigenvalue weighted by atomic mass is 32.2. The van der Waals surface area contributed by atoms with Crippen molar-refractivity contribution < 1.29 is 14.1 Å². The van der Waals surface area contributed by atoms with E-state index in [-0.39, 0.29) is 5.56 Å². The molecule has 1 unspecified atom stereocenters. The summed E-state index contributed by atoms with van der Waals surface area (Å²) in [5.41, 5.74) is 1.56. The SMILES string of the molecule is CS(=O)CCCn1cnc2cccc(C(=O)O)c21. The number of aromatic nitrogens is 2. The van der Waals surface area contributed by atoms with Crippen molar-refractivity contribution in [2.75, 3.05) is 12.0 Å². The van der Waals surface area contributed by atoms with Crippen molar-refractivity contribution in [2.45, 2.75) is 13.0 Å². The summed E-state index contributed by atoms with van der Waals surface area (Å²) in [5, 5.41) is 9.15. The Morgan fingerprint density at radius 1 is 1.50 bits per heavy atom. The van der Waals surface area contributed by atoms with E-state index in [2.05, 4.69) is 4.98 Å². The monoisotopic (exact) mass is 266 g/mol. The molecule has 0 aliphatic carbocycles. The van der Waals surface area contributed by atoms with Crippen LogP contribution < -0.4 is 0 Å². The van der Waals surface area contributed by atoms with Crippen LogP contribution in [0.4, 0.5) is 0 Å². The fourth-order valence-corrected chi connectivity index (χ4v) is 2.44. The molecule has 96 valence electrons. The molecule has 0 aliphatic heterocycles. The number of aromatic carboxylic acids is 1. The normalized spacial score (nSPS) is 12.7. The molecular formula is C12H14N2O3S. The van der Waals surface area contributed by atoms with Gasteiger partial charge in [0.1, 0.15) is 0 Å². The quantitative estimate of drug-likeness (QED) is 0.890. The Labute approximate surface area is 107 Å². The van der Waals surface area contributed by atoms with Crippen LogP contribution in [0.2, 0.25) is 0 Å². The highest BCUT2D eigenvalue weighted by Gasteiger charge is 2.12. The molecule has 2 aromatic rings. The Morgan fingerprint density at radius 3 is 2.94 bits per heavy atom. The molecule has 5 nitrogen and oxygen atoms in total.